The summed E-state index contributed by atoms with van der Waals surface area (Å²) in [5, 5.41) is 0. The molecular formula is C5H12N4O2. The molecule has 6 nitrogen and oxygen atoms in total. The number of amides is 1. The first-order chi connectivity index (χ1) is 5.13. The van der Waals surface area contributed by atoms with Crippen LogP contribution in [0.2, 0.25) is 0 Å². The summed E-state index contributed by atoms with van der Waals surface area (Å²) in [4.78, 5) is 13.7. The van der Waals surface area contributed by atoms with Crippen molar-refractivity contribution < 1.29 is 9.53 Å². The molecule has 11 heavy (non-hydrogen) atoms. The van der Waals surface area contributed by atoms with Crippen LogP contribution in [0.15, 0.2) is 4.99 Å². The fourth-order valence-electron chi connectivity index (χ4n) is 0.445. The minimum Gasteiger partial charge on any atom is -0.450 e. The lowest BCUT2D eigenvalue weighted by molar-refractivity contribution is 0.156. The monoisotopic (exact) mass is 160 g/mol. The maximum absolute atomic E-state index is 10.0. The molecule has 0 radical (unpaired) electrons. The molecule has 0 aromatic heterocycles. The van der Waals surface area contributed by atoms with E-state index in [2.05, 4.69) is 15.5 Å². The molecule has 0 rings (SSSR count). The Morgan fingerprint density at radius 3 is 2.45 bits per heavy atom. The van der Waals surface area contributed by atoms with Gasteiger partial charge in [0.2, 0.25) is 0 Å². The van der Waals surface area contributed by atoms with Gasteiger partial charge in [0.1, 0.15) is 0 Å². The molecule has 0 aromatic rings. The van der Waals surface area contributed by atoms with Crippen LogP contribution in [0.3, 0.4) is 0 Å². The highest BCUT2D eigenvalue weighted by atomic mass is 16.5. The summed E-state index contributed by atoms with van der Waals surface area (Å²) in [5.74, 6) is 0.0316. The molecule has 0 aromatic carbocycles. The van der Waals surface area contributed by atoms with Crippen molar-refractivity contribution in [2.75, 3.05) is 13.2 Å². The maximum Gasteiger partial charge on any atom is 0.404 e. The number of carbonyl (C=O) groups is 1. The molecule has 0 saturated heterocycles. The molecule has 6 N–H and O–H groups in total. The summed E-state index contributed by atoms with van der Waals surface area (Å²) in [7, 11) is 0. The van der Waals surface area contributed by atoms with Gasteiger partial charge in [-0.05, 0) is 0 Å². The molecule has 0 spiro atoms. The Morgan fingerprint density at radius 2 is 2.00 bits per heavy atom. The van der Waals surface area contributed by atoms with Crippen molar-refractivity contribution in [3.05, 3.63) is 0 Å². The van der Waals surface area contributed by atoms with E-state index in [1.807, 2.05) is 0 Å². The molecule has 0 saturated carbocycles. The normalized spacial score (nSPS) is 8.73. The van der Waals surface area contributed by atoms with E-state index in [4.69, 9.17) is 11.5 Å². The first kappa shape index (κ1) is 9.54. The van der Waals surface area contributed by atoms with Crippen LogP contribution >= 0.6 is 0 Å². The van der Waals surface area contributed by atoms with Gasteiger partial charge >= 0.3 is 6.09 Å². The number of nitrogens with two attached hydrogens (primary N) is 3. The van der Waals surface area contributed by atoms with E-state index >= 15 is 0 Å². The van der Waals surface area contributed by atoms with Crippen LogP contribution in [-0.4, -0.2) is 25.2 Å². The number of primary amides is 1. The molecule has 0 unspecified atom stereocenters. The molecule has 0 heterocycles. The van der Waals surface area contributed by atoms with E-state index in [1.54, 1.807) is 0 Å². The third-order valence-electron chi connectivity index (χ3n) is 0.841. The molecule has 6 heteroatoms. The Balaban J connectivity index is 3.15. The van der Waals surface area contributed by atoms with Gasteiger partial charge in [-0.25, -0.2) is 4.79 Å². The number of ether oxygens (including phenoxy) is 1. The molecule has 0 atom stereocenters. The quantitative estimate of drug-likeness (QED) is 0.270. The average Bonchev–Trinajstić information content (AvgIpc) is 1.85. The predicted octanol–water partition coefficient (Wildman–Crippen LogP) is -1.25. The van der Waals surface area contributed by atoms with Crippen molar-refractivity contribution in [3.63, 3.8) is 0 Å². The smallest absolute Gasteiger partial charge is 0.404 e. The van der Waals surface area contributed by atoms with E-state index in [9.17, 15) is 4.79 Å². The highest BCUT2D eigenvalue weighted by molar-refractivity contribution is 5.75. The third kappa shape index (κ3) is 8.54. The fraction of sp³-hybridized carbons (Fsp3) is 0.600. The maximum atomic E-state index is 10.0. The molecule has 1 amide bonds. The lowest BCUT2D eigenvalue weighted by atomic mass is 10.5. The highest BCUT2D eigenvalue weighted by Gasteiger charge is 1.91. The lowest BCUT2D eigenvalue weighted by Crippen LogP contribution is -2.23. The summed E-state index contributed by atoms with van der Waals surface area (Å²) < 4.78 is 4.41. The number of hydrogen-bond donors (Lipinski definition) is 3. The summed E-state index contributed by atoms with van der Waals surface area (Å²) in [6.45, 7) is 0.682. The first-order valence-corrected chi connectivity index (χ1v) is 3.10. The van der Waals surface area contributed by atoms with Crippen molar-refractivity contribution >= 4 is 12.1 Å². The Hall–Kier alpha value is -1.46. The summed E-state index contributed by atoms with van der Waals surface area (Å²) in [6, 6.07) is 0. The minimum atomic E-state index is -0.783. The number of carbonyl (C=O) groups excluding carboxylic acids is 1. The standard InChI is InChI=1S/C5H12N4O2/c6-4(7)9-2-1-3-11-5(8)10/h1-3H2,(H2,8,10)(H4,6,7,9). The van der Waals surface area contributed by atoms with E-state index < -0.39 is 6.09 Å². The van der Waals surface area contributed by atoms with Crippen LogP contribution in [0.5, 0.6) is 0 Å². The van der Waals surface area contributed by atoms with Gasteiger partial charge in [-0.2, -0.15) is 0 Å². The Bertz CT molecular complexity index is 153. The van der Waals surface area contributed by atoms with Crippen LogP contribution in [-0.2, 0) is 4.74 Å². The second-order valence-corrected chi connectivity index (χ2v) is 1.83. The van der Waals surface area contributed by atoms with Gasteiger partial charge in [-0.15, -0.1) is 0 Å². The van der Waals surface area contributed by atoms with Crippen molar-refractivity contribution in [1.29, 1.82) is 0 Å². The van der Waals surface area contributed by atoms with Gasteiger partial charge in [0.05, 0.1) is 6.61 Å². The van der Waals surface area contributed by atoms with E-state index in [-0.39, 0.29) is 12.6 Å². The van der Waals surface area contributed by atoms with Crippen molar-refractivity contribution in [3.8, 4) is 0 Å². The molecule has 0 aliphatic carbocycles. The van der Waals surface area contributed by atoms with Gasteiger partial charge in [0.15, 0.2) is 5.96 Å². The highest BCUT2D eigenvalue weighted by Crippen LogP contribution is 1.82. The molecule has 64 valence electrons. The van der Waals surface area contributed by atoms with E-state index in [0.717, 1.165) is 0 Å². The zero-order chi connectivity index (χ0) is 8.69. The van der Waals surface area contributed by atoms with Crippen LogP contribution in [0.4, 0.5) is 4.79 Å². The Kier molecular flexibility index (Phi) is 4.63. The summed E-state index contributed by atoms with van der Waals surface area (Å²) in [5.41, 5.74) is 14.7. The van der Waals surface area contributed by atoms with Gasteiger partial charge in [-0.3, -0.25) is 4.99 Å². The number of hydrogen-bond acceptors (Lipinski definition) is 3. The van der Waals surface area contributed by atoms with Gasteiger partial charge in [-0.1, -0.05) is 0 Å². The van der Waals surface area contributed by atoms with Crippen molar-refractivity contribution in [2.24, 2.45) is 22.2 Å². The fourth-order valence-corrected chi connectivity index (χ4v) is 0.445. The SMILES string of the molecule is NC(=O)OCCCN=C(N)N. The molecule has 0 aliphatic rings. The van der Waals surface area contributed by atoms with Gasteiger partial charge in [0, 0.05) is 13.0 Å². The second-order valence-electron chi connectivity index (χ2n) is 1.83. The number of rotatable bonds is 4. The topological polar surface area (TPSA) is 117 Å². The van der Waals surface area contributed by atoms with Crippen molar-refractivity contribution in [2.45, 2.75) is 6.42 Å². The number of nitrogens with zero attached hydrogens (tertiary/aromatic N) is 1. The van der Waals surface area contributed by atoms with Gasteiger partial charge < -0.3 is 21.9 Å². The summed E-state index contributed by atoms with van der Waals surface area (Å²) >= 11 is 0. The largest absolute Gasteiger partial charge is 0.450 e. The minimum absolute atomic E-state index is 0.0316. The second kappa shape index (κ2) is 5.33. The van der Waals surface area contributed by atoms with Crippen LogP contribution < -0.4 is 17.2 Å². The van der Waals surface area contributed by atoms with Crippen LogP contribution in [0.25, 0.3) is 0 Å². The average molecular weight is 160 g/mol. The number of guanidine groups is 1. The van der Waals surface area contributed by atoms with Crippen LogP contribution in [0.1, 0.15) is 6.42 Å². The molecule has 0 bridgehead atoms. The molecular weight excluding hydrogens is 148 g/mol. The Labute approximate surface area is 64.4 Å². The summed E-state index contributed by atoms with van der Waals surface area (Å²) in [6.07, 6.45) is -0.212. The van der Waals surface area contributed by atoms with Gasteiger partial charge in [0.25, 0.3) is 0 Å². The number of aliphatic imine (C=N–C) groups is 1. The zero-order valence-corrected chi connectivity index (χ0v) is 6.12. The van der Waals surface area contributed by atoms with Crippen molar-refractivity contribution in [1.82, 2.24) is 0 Å². The molecule has 0 fully saturated rings. The zero-order valence-electron chi connectivity index (χ0n) is 6.12. The van der Waals surface area contributed by atoms with E-state index in [1.165, 1.54) is 0 Å². The molecule has 0 aliphatic heterocycles. The lowest BCUT2D eigenvalue weighted by Gasteiger charge is -1.97. The first-order valence-electron chi connectivity index (χ1n) is 3.10. The predicted molar refractivity (Wildman–Crippen MR) is 40.8 cm³/mol. The van der Waals surface area contributed by atoms with Crippen LogP contribution in [0, 0.1) is 0 Å². The third-order valence-corrected chi connectivity index (χ3v) is 0.841. The van der Waals surface area contributed by atoms with E-state index in [0.29, 0.717) is 13.0 Å². The Morgan fingerprint density at radius 1 is 1.36 bits per heavy atom.